The van der Waals surface area contributed by atoms with E-state index < -0.39 is 0 Å². The Kier molecular flexibility index (Phi) is 5.78. The number of nitrogens with zero attached hydrogens (tertiary/aromatic N) is 1. The van der Waals surface area contributed by atoms with Gasteiger partial charge in [0.1, 0.15) is 6.54 Å². The van der Waals surface area contributed by atoms with Crippen LogP contribution in [0.25, 0.3) is 0 Å². The van der Waals surface area contributed by atoms with Gasteiger partial charge in [-0.3, -0.25) is 25.2 Å². The highest BCUT2D eigenvalue weighted by atomic mass is 32.2. The Balaban J connectivity index is 1.52. The predicted octanol–water partition coefficient (Wildman–Crippen LogP) is 1.70. The second-order valence-corrected chi connectivity index (χ2v) is 8.14. The molecule has 1 aliphatic heterocycles. The first kappa shape index (κ1) is 17.3. The molecule has 0 aromatic carbocycles. The smallest absolute Gasteiger partial charge is 0.279 e. The lowest BCUT2D eigenvalue weighted by molar-refractivity contribution is -0.132. The second-order valence-electron chi connectivity index (χ2n) is 6.04. The van der Waals surface area contributed by atoms with E-state index in [0.29, 0.717) is 16.5 Å². The molecule has 2 heterocycles. The van der Waals surface area contributed by atoms with Gasteiger partial charge in [-0.05, 0) is 37.3 Å². The SMILES string of the molecule is O=C(CN1CSCC1=O)NNC(=O)c1cc2c(s1)CCCCCC2. The van der Waals surface area contributed by atoms with Gasteiger partial charge in [0.25, 0.3) is 11.8 Å². The maximum absolute atomic E-state index is 12.2. The van der Waals surface area contributed by atoms with Crippen molar-refractivity contribution in [1.29, 1.82) is 0 Å². The van der Waals surface area contributed by atoms with Gasteiger partial charge in [0.05, 0.1) is 16.5 Å². The number of rotatable bonds is 3. The van der Waals surface area contributed by atoms with Crippen molar-refractivity contribution in [1.82, 2.24) is 15.8 Å². The van der Waals surface area contributed by atoms with E-state index in [1.165, 1.54) is 64.1 Å². The summed E-state index contributed by atoms with van der Waals surface area (Å²) < 4.78 is 0. The molecule has 1 saturated heterocycles. The van der Waals surface area contributed by atoms with E-state index in [4.69, 9.17) is 0 Å². The molecule has 6 nitrogen and oxygen atoms in total. The zero-order valence-electron chi connectivity index (χ0n) is 13.4. The first-order chi connectivity index (χ1) is 11.6. The zero-order valence-corrected chi connectivity index (χ0v) is 15.1. The molecule has 130 valence electrons. The van der Waals surface area contributed by atoms with Crippen LogP contribution in [0.15, 0.2) is 6.07 Å². The maximum Gasteiger partial charge on any atom is 0.279 e. The summed E-state index contributed by atoms with van der Waals surface area (Å²) >= 11 is 3.00. The van der Waals surface area contributed by atoms with Crippen molar-refractivity contribution >= 4 is 40.8 Å². The summed E-state index contributed by atoms with van der Waals surface area (Å²) in [5.74, 6) is 0.231. The number of thioether (sulfide) groups is 1. The van der Waals surface area contributed by atoms with Crippen LogP contribution >= 0.6 is 23.1 Å². The van der Waals surface area contributed by atoms with Gasteiger partial charge in [-0.2, -0.15) is 0 Å². The molecule has 1 aliphatic carbocycles. The topological polar surface area (TPSA) is 78.5 Å². The number of carbonyl (C=O) groups excluding carboxylic acids is 3. The van der Waals surface area contributed by atoms with Crippen molar-refractivity contribution in [2.75, 3.05) is 18.2 Å². The molecule has 3 rings (SSSR count). The van der Waals surface area contributed by atoms with Gasteiger partial charge >= 0.3 is 0 Å². The molecule has 0 saturated carbocycles. The van der Waals surface area contributed by atoms with E-state index in [1.807, 2.05) is 6.07 Å². The fraction of sp³-hybridized carbons (Fsp3) is 0.562. The summed E-state index contributed by atoms with van der Waals surface area (Å²) in [4.78, 5) is 39.0. The molecule has 0 bridgehead atoms. The monoisotopic (exact) mass is 367 g/mol. The van der Waals surface area contributed by atoms with Crippen LogP contribution in [0.2, 0.25) is 0 Å². The van der Waals surface area contributed by atoms with Crippen molar-refractivity contribution in [2.45, 2.75) is 38.5 Å². The number of hydrazine groups is 1. The lowest BCUT2D eigenvalue weighted by Gasteiger charge is -2.14. The van der Waals surface area contributed by atoms with Gasteiger partial charge < -0.3 is 4.90 Å². The molecule has 24 heavy (non-hydrogen) atoms. The zero-order chi connectivity index (χ0) is 16.9. The van der Waals surface area contributed by atoms with E-state index in [2.05, 4.69) is 10.9 Å². The molecular formula is C16H21N3O3S2. The lowest BCUT2D eigenvalue weighted by Crippen LogP contribution is -2.46. The van der Waals surface area contributed by atoms with Crippen LogP contribution in [0.3, 0.4) is 0 Å². The third-order valence-electron chi connectivity index (χ3n) is 4.20. The van der Waals surface area contributed by atoms with Gasteiger partial charge in [-0.25, -0.2) is 0 Å². The van der Waals surface area contributed by atoms with E-state index >= 15 is 0 Å². The van der Waals surface area contributed by atoms with Crippen molar-refractivity contribution < 1.29 is 14.4 Å². The van der Waals surface area contributed by atoms with Gasteiger partial charge in [0.15, 0.2) is 0 Å². The summed E-state index contributed by atoms with van der Waals surface area (Å²) in [7, 11) is 0. The van der Waals surface area contributed by atoms with Crippen molar-refractivity contribution in [3.63, 3.8) is 0 Å². The fourth-order valence-electron chi connectivity index (χ4n) is 2.90. The van der Waals surface area contributed by atoms with Gasteiger partial charge in [-0.15, -0.1) is 23.1 Å². The van der Waals surface area contributed by atoms with Crippen LogP contribution in [0.1, 0.15) is 45.8 Å². The summed E-state index contributed by atoms with van der Waals surface area (Å²) in [5.41, 5.74) is 6.13. The van der Waals surface area contributed by atoms with Crippen LogP contribution in [0, 0.1) is 0 Å². The number of thiophene rings is 1. The molecule has 1 aromatic rings. The molecule has 0 atom stereocenters. The summed E-state index contributed by atoms with van der Waals surface area (Å²) in [6.45, 7) is -0.0208. The second kappa shape index (κ2) is 8.02. The number of amides is 3. The molecular weight excluding hydrogens is 346 g/mol. The number of hydrogen-bond acceptors (Lipinski definition) is 5. The highest BCUT2D eigenvalue weighted by molar-refractivity contribution is 8.00. The standard InChI is InChI=1S/C16H21N3O3S2/c20-14(8-19-10-23-9-15(19)21)17-18-16(22)13-7-11-5-3-1-2-4-6-12(11)24-13/h7H,1-6,8-10H2,(H,17,20)(H,18,22). The lowest BCUT2D eigenvalue weighted by atomic mass is 10.00. The highest BCUT2D eigenvalue weighted by Crippen LogP contribution is 2.28. The van der Waals surface area contributed by atoms with Crippen LogP contribution < -0.4 is 10.9 Å². The largest absolute Gasteiger partial charge is 0.323 e. The molecule has 0 unspecified atom stereocenters. The van der Waals surface area contributed by atoms with Crippen molar-refractivity contribution in [2.24, 2.45) is 0 Å². The highest BCUT2D eigenvalue weighted by Gasteiger charge is 2.23. The van der Waals surface area contributed by atoms with Crippen molar-refractivity contribution in [3.8, 4) is 0 Å². The van der Waals surface area contributed by atoms with Gasteiger partial charge in [0.2, 0.25) is 5.91 Å². The predicted molar refractivity (Wildman–Crippen MR) is 94.8 cm³/mol. The van der Waals surface area contributed by atoms with E-state index in [0.717, 1.165) is 12.8 Å². The van der Waals surface area contributed by atoms with Crippen LogP contribution in [0.4, 0.5) is 0 Å². The number of carbonyl (C=O) groups is 3. The number of fused-ring (bicyclic) bond motifs is 1. The minimum atomic E-state index is -0.380. The first-order valence-corrected chi connectivity index (χ1v) is 10.2. The molecule has 8 heteroatoms. The minimum absolute atomic E-state index is 0.0208. The van der Waals surface area contributed by atoms with E-state index in [9.17, 15) is 14.4 Å². The third-order valence-corrected chi connectivity index (χ3v) is 6.38. The van der Waals surface area contributed by atoms with Crippen LogP contribution in [-0.2, 0) is 22.4 Å². The third kappa shape index (κ3) is 4.30. The number of aryl methyl sites for hydroxylation is 2. The molecule has 2 N–H and O–H groups in total. The Bertz CT molecular complexity index is 619. The van der Waals surface area contributed by atoms with E-state index in [-0.39, 0.29) is 24.3 Å². The summed E-state index contributed by atoms with van der Waals surface area (Å²) in [5, 5.41) is 0. The Labute approximate surface area is 149 Å². The Hall–Kier alpha value is -1.54. The quantitative estimate of drug-likeness (QED) is 0.797. The Morgan fingerprint density at radius 3 is 2.67 bits per heavy atom. The maximum atomic E-state index is 12.2. The van der Waals surface area contributed by atoms with Gasteiger partial charge in [0, 0.05) is 4.88 Å². The van der Waals surface area contributed by atoms with E-state index in [1.54, 1.807) is 0 Å². The molecule has 3 amide bonds. The first-order valence-electron chi connectivity index (χ1n) is 8.20. The van der Waals surface area contributed by atoms with Crippen LogP contribution in [-0.4, -0.2) is 40.8 Å². The normalized spacial score (nSPS) is 17.8. The summed E-state index contributed by atoms with van der Waals surface area (Å²) in [6, 6.07) is 1.95. The number of hydrogen-bond donors (Lipinski definition) is 2. The average molecular weight is 367 g/mol. The molecule has 0 radical (unpaired) electrons. The fourth-order valence-corrected chi connectivity index (χ4v) is 4.95. The molecule has 0 spiro atoms. The molecule has 1 aromatic heterocycles. The summed E-state index contributed by atoms with van der Waals surface area (Å²) in [6.07, 6.45) is 6.91. The Morgan fingerprint density at radius 2 is 1.92 bits per heavy atom. The van der Waals surface area contributed by atoms with Crippen molar-refractivity contribution in [3.05, 3.63) is 21.4 Å². The Morgan fingerprint density at radius 1 is 1.12 bits per heavy atom. The molecule has 2 aliphatic rings. The van der Waals surface area contributed by atoms with Gasteiger partial charge in [-0.1, -0.05) is 12.8 Å². The minimum Gasteiger partial charge on any atom is -0.323 e. The number of nitrogens with one attached hydrogen (secondary N) is 2. The average Bonchev–Trinajstić information content (AvgIpc) is 3.12. The van der Waals surface area contributed by atoms with Crippen LogP contribution in [0.5, 0.6) is 0 Å². The molecule has 1 fully saturated rings.